The molecular formula is C18H19N5O2. The summed E-state index contributed by atoms with van der Waals surface area (Å²) in [7, 11) is 0. The minimum Gasteiger partial charge on any atom is -0.459 e. The van der Waals surface area contributed by atoms with Gasteiger partial charge < -0.3 is 9.32 Å². The summed E-state index contributed by atoms with van der Waals surface area (Å²) >= 11 is 0. The Morgan fingerprint density at radius 3 is 3.00 bits per heavy atom. The molecule has 1 aliphatic rings. The third-order valence-corrected chi connectivity index (χ3v) is 4.45. The van der Waals surface area contributed by atoms with E-state index in [4.69, 9.17) is 4.42 Å². The van der Waals surface area contributed by atoms with E-state index in [1.54, 1.807) is 18.3 Å². The monoisotopic (exact) mass is 337 g/mol. The standard InChI is InChI=1S/C18H19N5O2/c24-18(17-7-4-10-25-17)22-9-3-5-14(11-22)12-23-13-16(20-21-23)15-6-1-2-8-19-15/h1-2,4,6-8,10,13-14H,3,5,9,11-12H2/t14-/m0/s1. The van der Waals surface area contributed by atoms with Gasteiger partial charge in [0.2, 0.25) is 0 Å². The van der Waals surface area contributed by atoms with Gasteiger partial charge in [0.25, 0.3) is 5.91 Å². The Bertz CT molecular complexity index is 828. The molecule has 7 nitrogen and oxygen atoms in total. The van der Waals surface area contributed by atoms with Crippen LogP contribution in [0.25, 0.3) is 11.4 Å². The van der Waals surface area contributed by atoms with Gasteiger partial charge in [-0.3, -0.25) is 14.5 Å². The van der Waals surface area contributed by atoms with E-state index >= 15 is 0 Å². The third-order valence-electron chi connectivity index (χ3n) is 4.45. The molecule has 1 amide bonds. The number of piperidine rings is 1. The Labute approximate surface area is 145 Å². The van der Waals surface area contributed by atoms with Gasteiger partial charge in [-0.25, -0.2) is 0 Å². The van der Waals surface area contributed by atoms with E-state index in [1.807, 2.05) is 34.0 Å². The summed E-state index contributed by atoms with van der Waals surface area (Å²) in [6, 6.07) is 9.17. The average molecular weight is 337 g/mol. The van der Waals surface area contributed by atoms with Crippen molar-refractivity contribution in [2.24, 2.45) is 5.92 Å². The molecule has 0 saturated carbocycles. The van der Waals surface area contributed by atoms with Crippen LogP contribution in [0.15, 0.2) is 53.4 Å². The van der Waals surface area contributed by atoms with Crippen LogP contribution in [0.4, 0.5) is 0 Å². The smallest absolute Gasteiger partial charge is 0.289 e. The molecule has 0 aliphatic carbocycles. The molecule has 4 rings (SSSR count). The molecule has 7 heteroatoms. The predicted octanol–water partition coefficient (Wildman–Crippen LogP) is 2.49. The SMILES string of the molecule is O=C(c1ccco1)N1CCC[C@H](Cn2cc(-c3ccccn3)nn2)C1. The first kappa shape index (κ1) is 15.6. The van der Waals surface area contributed by atoms with E-state index < -0.39 is 0 Å². The maximum Gasteiger partial charge on any atom is 0.289 e. The average Bonchev–Trinajstić information content (AvgIpc) is 3.34. The quantitative estimate of drug-likeness (QED) is 0.731. The summed E-state index contributed by atoms with van der Waals surface area (Å²) < 4.78 is 7.07. The van der Waals surface area contributed by atoms with Gasteiger partial charge >= 0.3 is 0 Å². The van der Waals surface area contributed by atoms with Gasteiger partial charge in [-0.2, -0.15) is 0 Å². The highest BCUT2D eigenvalue weighted by atomic mass is 16.3. The lowest BCUT2D eigenvalue weighted by molar-refractivity contribution is 0.0627. The molecule has 1 aliphatic heterocycles. The minimum absolute atomic E-state index is 0.0394. The Hall–Kier alpha value is -2.96. The van der Waals surface area contributed by atoms with Crippen LogP contribution in [0, 0.1) is 5.92 Å². The summed E-state index contributed by atoms with van der Waals surface area (Å²) in [6.45, 7) is 2.21. The van der Waals surface area contributed by atoms with Crippen molar-refractivity contribution < 1.29 is 9.21 Å². The van der Waals surface area contributed by atoms with Gasteiger partial charge in [0.05, 0.1) is 18.2 Å². The normalized spacial score (nSPS) is 17.6. The number of carbonyl (C=O) groups is 1. The van der Waals surface area contributed by atoms with E-state index in [1.165, 1.54) is 6.26 Å². The van der Waals surface area contributed by atoms with Gasteiger partial charge in [-0.05, 0) is 43.0 Å². The number of furan rings is 1. The van der Waals surface area contributed by atoms with E-state index in [2.05, 4.69) is 15.3 Å². The topological polar surface area (TPSA) is 77.0 Å². The Morgan fingerprint density at radius 1 is 1.24 bits per heavy atom. The van der Waals surface area contributed by atoms with E-state index in [9.17, 15) is 4.79 Å². The highest BCUT2D eigenvalue weighted by Gasteiger charge is 2.26. The molecule has 3 aromatic rings. The van der Waals surface area contributed by atoms with Crippen LogP contribution in [0.2, 0.25) is 0 Å². The second kappa shape index (κ2) is 6.88. The molecule has 1 atom stereocenters. The van der Waals surface area contributed by atoms with Crippen molar-refractivity contribution in [3.05, 3.63) is 54.7 Å². The summed E-state index contributed by atoms with van der Waals surface area (Å²) in [4.78, 5) is 18.6. The number of hydrogen-bond acceptors (Lipinski definition) is 5. The van der Waals surface area contributed by atoms with E-state index in [-0.39, 0.29) is 5.91 Å². The molecule has 4 heterocycles. The molecule has 128 valence electrons. The van der Waals surface area contributed by atoms with Crippen LogP contribution in [-0.4, -0.2) is 43.9 Å². The summed E-state index contributed by atoms with van der Waals surface area (Å²) in [5, 5.41) is 8.41. The third kappa shape index (κ3) is 3.45. The number of nitrogens with zero attached hydrogens (tertiary/aromatic N) is 5. The molecule has 0 unspecified atom stereocenters. The van der Waals surface area contributed by atoms with Crippen molar-refractivity contribution in [2.75, 3.05) is 13.1 Å². The van der Waals surface area contributed by atoms with Crippen LogP contribution >= 0.6 is 0 Å². The molecule has 1 saturated heterocycles. The molecule has 0 N–H and O–H groups in total. The molecule has 1 fully saturated rings. The molecule has 25 heavy (non-hydrogen) atoms. The molecule has 3 aromatic heterocycles. The first-order valence-corrected chi connectivity index (χ1v) is 8.44. The largest absolute Gasteiger partial charge is 0.459 e. The maximum absolute atomic E-state index is 12.4. The van der Waals surface area contributed by atoms with Gasteiger partial charge in [-0.1, -0.05) is 11.3 Å². The van der Waals surface area contributed by atoms with Crippen molar-refractivity contribution in [3.63, 3.8) is 0 Å². The second-order valence-electron chi connectivity index (χ2n) is 6.28. The number of likely N-dealkylation sites (tertiary alicyclic amines) is 1. The molecular weight excluding hydrogens is 318 g/mol. The zero-order valence-corrected chi connectivity index (χ0v) is 13.8. The number of amides is 1. The lowest BCUT2D eigenvalue weighted by Gasteiger charge is -2.32. The van der Waals surface area contributed by atoms with Crippen molar-refractivity contribution >= 4 is 5.91 Å². The van der Waals surface area contributed by atoms with Crippen molar-refractivity contribution in [1.29, 1.82) is 0 Å². The van der Waals surface area contributed by atoms with Crippen LogP contribution in [-0.2, 0) is 6.54 Å². The second-order valence-corrected chi connectivity index (χ2v) is 6.28. The summed E-state index contributed by atoms with van der Waals surface area (Å²) in [5.74, 6) is 0.715. The van der Waals surface area contributed by atoms with Crippen molar-refractivity contribution in [3.8, 4) is 11.4 Å². The van der Waals surface area contributed by atoms with E-state index in [0.29, 0.717) is 18.2 Å². The zero-order chi connectivity index (χ0) is 17.1. The van der Waals surface area contributed by atoms with Crippen molar-refractivity contribution in [1.82, 2.24) is 24.9 Å². The number of carbonyl (C=O) groups excluding carboxylic acids is 1. The molecule has 0 radical (unpaired) electrons. The van der Waals surface area contributed by atoms with Crippen molar-refractivity contribution in [2.45, 2.75) is 19.4 Å². The van der Waals surface area contributed by atoms with E-state index in [0.717, 1.165) is 37.3 Å². The fourth-order valence-electron chi connectivity index (χ4n) is 3.24. The highest BCUT2D eigenvalue weighted by molar-refractivity contribution is 5.91. The van der Waals surface area contributed by atoms with Gasteiger partial charge in [0.15, 0.2) is 5.76 Å². The van der Waals surface area contributed by atoms with Crippen LogP contribution in [0.1, 0.15) is 23.4 Å². The van der Waals surface area contributed by atoms with Crippen LogP contribution < -0.4 is 0 Å². The fraction of sp³-hybridized carbons (Fsp3) is 0.333. The lowest BCUT2D eigenvalue weighted by atomic mass is 9.98. The van der Waals surface area contributed by atoms with Gasteiger partial charge in [0.1, 0.15) is 5.69 Å². The van der Waals surface area contributed by atoms with Gasteiger partial charge in [-0.15, -0.1) is 5.10 Å². The molecule has 0 aromatic carbocycles. The number of pyridine rings is 1. The number of aromatic nitrogens is 4. The number of rotatable bonds is 4. The zero-order valence-electron chi connectivity index (χ0n) is 13.8. The predicted molar refractivity (Wildman–Crippen MR) is 90.6 cm³/mol. The Balaban J connectivity index is 1.41. The molecule has 0 spiro atoms. The Morgan fingerprint density at radius 2 is 2.20 bits per heavy atom. The first-order valence-electron chi connectivity index (χ1n) is 8.44. The van der Waals surface area contributed by atoms with Gasteiger partial charge in [0, 0.05) is 25.8 Å². The first-order chi connectivity index (χ1) is 12.3. The Kier molecular flexibility index (Phi) is 4.28. The van der Waals surface area contributed by atoms with Crippen LogP contribution in [0.5, 0.6) is 0 Å². The summed E-state index contributed by atoms with van der Waals surface area (Å²) in [6.07, 6.45) is 7.24. The lowest BCUT2D eigenvalue weighted by Crippen LogP contribution is -2.41. The highest BCUT2D eigenvalue weighted by Crippen LogP contribution is 2.21. The molecule has 0 bridgehead atoms. The van der Waals surface area contributed by atoms with Crippen LogP contribution in [0.3, 0.4) is 0 Å². The maximum atomic E-state index is 12.4. The minimum atomic E-state index is -0.0394. The fourth-order valence-corrected chi connectivity index (χ4v) is 3.24. The summed E-state index contributed by atoms with van der Waals surface area (Å²) in [5.41, 5.74) is 1.58. The number of hydrogen-bond donors (Lipinski definition) is 0.